The number of nitrogens with zero attached hydrogens (tertiary/aromatic N) is 1. The van der Waals surface area contributed by atoms with Gasteiger partial charge in [0, 0.05) is 12.2 Å². The summed E-state index contributed by atoms with van der Waals surface area (Å²) in [6, 6.07) is 4.62. The smallest absolute Gasteiger partial charge is 0.244 e. The molecule has 1 aromatic carbocycles. The molecule has 3 nitrogen and oxygen atoms in total. The van der Waals surface area contributed by atoms with Crippen molar-refractivity contribution in [2.75, 3.05) is 18.0 Å². The fourth-order valence-corrected chi connectivity index (χ4v) is 3.07. The van der Waals surface area contributed by atoms with Crippen LogP contribution in [0.5, 0.6) is 0 Å². The van der Waals surface area contributed by atoms with Gasteiger partial charge in [-0.05, 0) is 49.4 Å². The summed E-state index contributed by atoms with van der Waals surface area (Å²) in [6.45, 7) is 3.74. The first-order chi connectivity index (χ1) is 9.15. The summed E-state index contributed by atoms with van der Waals surface area (Å²) in [6.07, 6.45) is 2.82. The Morgan fingerprint density at radius 3 is 3.11 bits per heavy atom. The second-order valence-electron chi connectivity index (χ2n) is 5.65. The van der Waals surface area contributed by atoms with Crippen LogP contribution in [0.1, 0.15) is 25.3 Å². The summed E-state index contributed by atoms with van der Waals surface area (Å²) in [5, 5.41) is 3.29. The van der Waals surface area contributed by atoms with Gasteiger partial charge in [0.1, 0.15) is 5.82 Å². The molecule has 2 unspecified atom stereocenters. The van der Waals surface area contributed by atoms with Crippen molar-refractivity contribution in [3.8, 4) is 0 Å². The molecule has 2 aliphatic heterocycles. The minimum Gasteiger partial charge on any atom is -0.310 e. The van der Waals surface area contributed by atoms with Crippen LogP contribution < -0.4 is 10.2 Å². The Balaban J connectivity index is 1.81. The number of rotatable bonds is 1. The average Bonchev–Trinajstić information content (AvgIpc) is 2.80. The summed E-state index contributed by atoms with van der Waals surface area (Å²) >= 11 is 0. The van der Waals surface area contributed by atoms with E-state index in [4.69, 9.17) is 0 Å². The predicted molar refractivity (Wildman–Crippen MR) is 72.6 cm³/mol. The van der Waals surface area contributed by atoms with Crippen LogP contribution in [0, 0.1) is 11.7 Å². The summed E-state index contributed by atoms with van der Waals surface area (Å²) in [4.78, 5) is 14.3. The maximum Gasteiger partial charge on any atom is 0.244 e. The molecule has 0 aliphatic carbocycles. The summed E-state index contributed by atoms with van der Waals surface area (Å²) in [5.74, 6) is 0.393. The zero-order chi connectivity index (χ0) is 13.4. The van der Waals surface area contributed by atoms with Gasteiger partial charge in [-0.15, -0.1) is 0 Å². The Hall–Kier alpha value is -1.42. The highest BCUT2D eigenvalue weighted by molar-refractivity contribution is 5.99. The van der Waals surface area contributed by atoms with Crippen molar-refractivity contribution in [3.63, 3.8) is 0 Å². The Labute approximate surface area is 112 Å². The van der Waals surface area contributed by atoms with E-state index in [0.29, 0.717) is 12.5 Å². The van der Waals surface area contributed by atoms with Gasteiger partial charge in [-0.25, -0.2) is 4.39 Å². The van der Waals surface area contributed by atoms with Gasteiger partial charge in [0.05, 0.1) is 6.04 Å². The third kappa shape index (κ3) is 2.37. The van der Waals surface area contributed by atoms with Crippen molar-refractivity contribution in [2.24, 2.45) is 5.92 Å². The van der Waals surface area contributed by atoms with Crippen LogP contribution in [0.15, 0.2) is 18.2 Å². The lowest BCUT2D eigenvalue weighted by Gasteiger charge is -2.30. The number of carbonyl (C=O) groups is 1. The maximum absolute atomic E-state index is 13.3. The molecule has 0 aromatic heterocycles. The topological polar surface area (TPSA) is 32.3 Å². The molecule has 4 heteroatoms. The Morgan fingerprint density at radius 1 is 1.47 bits per heavy atom. The van der Waals surface area contributed by atoms with E-state index in [2.05, 4.69) is 12.2 Å². The van der Waals surface area contributed by atoms with E-state index in [1.807, 2.05) is 0 Å². The number of halogens is 1. The van der Waals surface area contributed by atoms with Crippen LogP contribution in [0.4, 0.5) is 10.1 Å². The van der Waals surface area contributed by atoms with E-state index in [1.165, 1.54) is 12.1 Å². The molecular formula is C15H19FN2O. The highest BCUT2D eigenvalue weighted by Crippen LogP contribution is 2.30. The lowest BCUT2D eigenvalue weighted by atomic mass is 9.93. The van der Waals surface area contributed by atoms with Gasteiger partial charge in [0.2, 0.25) is 5.91 Å². The van der Waals surface area contributed by atoms with Crippen LogP contribution in [0.3, 0.4) is 0 Å². The van der Waals surface area contributed by atoms with Crippen molar-refractivity contribution in [2.45, 2.75) is 32.2 Å². The van der Waals surface area contributed by atoms with E-state index in [-0.39, 0.29) is 17.8 Å². The monoisotopic (exact) mass is 262 g/mol. The molecule has 19 heavy (non-hydrogen) atoms. The molecule has 1 saturated heterocycles. The van der Waals surface area contributed by atoms with Crippen molar-refractivity contribution in [3.05, 3.63) is 29.6 Å². The van der Waals surface area contributed by atoms with Gasteiger partial charge in [-0.2, -0.15) is 0 Å². The number of hydrogen-bond acceptors (Lipinski definition) is 2. The van der Waals surface area contributed by atoms with Gasteiger partial charge in [-0.1, -0.05) is 13.0 Å². The molecule has 0 spiro atoms. The molecule has 2 aliphatic rings. The number of piperidine rings is 1. The molecule has 2 atom stereocenters. The number of benzene rings is 1. The number of fused-ring (bicyclic) bond motifs is 1. The second-order valence-corrected chi connectivity index (χ2v) is 5.65. The molecule has 0 radical (unpaired) electrons. The maximum atomic E-state index is 13.3. The summed E-state index contributed by atoms with van der Waals surface area (Å²) in [5.41, 5.74) is 1.82. The molecule has 1 amide bonds. The first-order valence-corrected chi connectivity index (χ1v) is 6.98. The zero-order valence-electron chi connectivity index (χ0n) is 11.2. The average molecular weight is 262 g/mol. The fourth-order valence-electron chi connectivity index (χ4n) is 3.07. The molecule has 3 rings (SSSR count). The Bertz CT molecular complexity index is 503. The molecule has 1 N–H and O–H groups in total. The highest BCUT2D eigenvalue weighted by atomic mass is 19.1. The number of hydrogen-bond donors (Lipinski definition) is 1. The van der Waals surface area contributed by atoms with Gasteiger partial charge >= 0.3 is 0 Å². The largest absolute Gasteiger partial charge is 0.310 e. The van der Waals surface area contributed by atoms with Gasteiger partial charge in [0.15, 0.2) is 0 Å². The highest BCUT2D eigenvalue weighted by Gasteiger charge is 2.32. The standard InChI is InChI=1S/C15H19FN2O/c1-10-4-6-17-13(8-10)15(19)18-7-5-11-2-3-12(16)9-14(11)18/h2-3,9-10,13,17H,4-8H2,1H3. The molecule has 0 saturated carbocycles. The van der Waals surface area contributed by atoms with Crippen molar-refractivity contribution >= 4 is 11.6 Å². The molecule has 1 aromatic rings. The lowest BCUT2D eigenvalue weighted by molar-refractivity contribution is -0.121. The van der Waals surface area contributed by atoms with Crippen LogP contribution in [0.2, 0.25) is 0 Å². The first kappa shape index (κ1) is 12.6. The van der Waals surface area contributed by atoms with Crippen molar-refractivity contribution in [1.82, 2.24) is 5.32 Å². The molecule has 2 heterocycles. The van der Waals surface area contributed by atoms with E-state index in [9.17, 15) is 9.18 Å². The molecule has 102 valence electrons. The number of anilines is 1. The van der Waals surface area contributed by atoms with Gasteiger partial charge in [-0.3, -0.25) is 4.79 Å². The van der Waals surface area contributed by atoms with Crippen LogP contribution >= 0.6 is 0 Å². The van der Waals surface area contributed by atoms with E-state index in [1.54, 1.807) is 11.0 Å². The fraction of sp³-hybridized carbons (Fsp3) is 0.533. The molecular weight excluding hydrogens is 243 g/mol. The van der Waals surface area contributed by atoms with Crippen LogP contribution in [0.25, 0.3) is 0 Å². The van der Waals surface area contributed by atoms with Crippen molar-refractivity contribution < 1.29 is 9.18 Å². The normalized spacial score (nSPS) is 26.3. The summed E-state index contributed by atoms with van der Waals surface area (Å²) in [7, 11) is 0. The number of amides is 1. The molecule has 1 fully saturated rings. The first-order valence-electron chi connectivity index (χ1n) is 6.98. The summed E-state index contributed by atoms with van der Waals surface area (Å²) < 4.78 is 13.3. The van der Waals surface area contributed by atoms with Crippen LogP contribution in [-0.2, 0) is 11.2 Å². The third-order valence-electron chi connectivity index (χ3n) is 4.17. The quantitative estimate of drug-likeness (QED) is 0.840. The van der Waals surface area contributed by atoms with E-state index in [0.717, 1.165) is 37.1 Å². The van der Waals surface area contributed by atoms with E-state index < -0.39 is 0 Å². The van der Waals surface area contributed by atoms with E-state index >= 15 is 0 Å². The second kappa shape index (κ2) is 4.93. The number of carbonyl (C=O) groups excluding carboxylic acids is 1. The number of nitrogens with one attached hydrogen (secondary N) is 1. The zero-order valence-corrected chi connectivity index (χ0v) is 11.2. The third-order valence-corrected chi connectivity index (χ3v) is 4.17. The minimum atomic E-state index is -0.275. The van der Waals surface area contributed by atoms with Crippen LogP contribution in [-0.4, -0.2) is 25.0 Å². The molecule has 0 bridgehead atoms. The van der Waals surface area contributed by atoms with Gasteiger partial charge in [0.25, 0.3) is 0 Å². The minimum absolute atomic E-state index is 0.0934. The Kier molecular flexibility index (Phi) is 3.27. The van der Waals surface area contributed by atoms with Gasteiger partial charge < -0.3 is 10.2 Å². The Morgan fingerprint density at radius 2 is 2.32 bits per heavy atom. The van der Waals surface area contributed by atoms with Crippen molar-refractivity contribution in [1.29, 1.82) is 0 Å². The predicted octanol–water partition coefficient (Wildman–Crippen LogP) is 2.10. The lowest BCUT2D eigenvalue weighted by Crippen LogP contribution is -2.49. The SMILES string of the molecule is CC1CCNC(C(=O)N2CCc3ccc(F)cc32)C1.